The van der Waals surface area contributed by atoms with Crippen molar-refractivity contribution in [2.24, 2.45) is 0 Å². The molecule has 7 nitrogen and oxygen atoms in total. The number of thioether (sulfide) groups is 1. The molecule has 138 valence electrons. The monoisotopic (exact) mass is 381 g/mol. The van der Waals surface area contributed by atoms with E-state index in [4.69, 9.17) is 0 Å². The number of nitrogens with one attached hydrogen (secondary N) is 1. The van der Waals surface area contributed by atoms with Crippen LogP contribution in [0.3, 0.4) is 0 Å². The maximum absolute atomic E-state index is 12.2. The van der Waals surface area contributed by atoms with Crippen molar-refractivity contribution >= 4 is 29.1 Å². The Kier molecular flexibility index (Phi) is 5.97. The lowest BCUT2D eigenvalue weighted by atomic mass is 10.1. The molecule has 3 aromatic rings. The molecule has 3 rings (SSSR count). The van der Waals surface area contributed by atoms with Gasteiger partial charge in [-0.1, -0.05) is 11.8 Å². The van der Waals surface area contributed by atoms with Gasteiger partial charge in [-0.15, -0.1) is 10.2 Å². The molecule has 0 atom stereocenters. The molecule has 1 amide bonds. The second kappa shape index (κ2) is 8.59. The Labute approximate surface area is 161 Å². The van der Waals surface area contributed by atoms with Crippen molar-refractivity contribution in [1.82, 2.24) is 19.7 Å². The van der Waals surface area contributed by atoms with E-state index in [-0.39, 0.29) is 17.4 Å². The van der Waals surface area contributed by atoms with Crippen LogP contribution in [0.4, 0.5) is 5.69 Å². The standard InChI is InChI=1S/C19H19N5O2S/c1-3-24-18(15-8-10-20-11-9-15)22-23-19(24)27-12-17(26)21-16-6-4-14(5-7-16)13(2)25/h4-11H,3,12H2,1-2H3,(H,21,26). The third kappa shape index (κ3) is 4.59. The highest BCUT2D eigenvalue weighted by Crippen LogP contribution is 2.23. The van der Waals surface area contributed by atoms with E-state index in [1.165, 1.54) is 18.7 Å². The van der Waals surface area contributed by atoms with E-state index < -0.39 is 0 Å². The highest BCUT2D eigenvalue weighted by atomic mass is 32.2. The van der Waals surface area contributed by atoms with E-state index in [1.54, 1.807) is 36.7 Å². The van der Waals surface area contributed by atoms with Crippen molar-refractivity contribution < 1.29 is 9.59 Å². The van der Waals surface area contributed by atoms with Gasteiger partial charge < -0.3 is 9.88 Å². The number of carbonyl (C=O) groups is 2. The molecular weight excluding hydrogens is 362 g/mol. The molecule has 0 saturated carbocycles. The van der Waals surface area contributed by atoms with Gasteiger partial charge in [0.05, 0.1) is 5.75 Å². The number of benzene rings is 1. The Morgan fingerprint density at radius 1 is 1.07 bits per heavy atom. The first-order chi connectivity index (χ1) is 13.1. The molecule has 0 aliphatic carbocycles. The molecule has 0 radical (unpaired) electrons. The van der Waals surface area contributed by atoms with E-state index in [9.17, 15) is 9.59 Å². The van der Waals surface area contributed by atoms with E-state index in [2.05, 4.69) is 20.5 Å². The van der Waals surface area contributed by atoms with Crippen LogP contribution in [-0.2, 0) is 11.3 Å². The summed E-state index contributed by atoms with van der Waals surface area (Å²) >= 11 is 1.33. The Morgan fingerprint density at radius 2 is 1.78 bits per heavy atom. The summed E-state index contributed by atoms with van der Waals surface area (Å²) in [5.74, 6) is 0.810. The molecule has 0 unspecified atom stereocenters. The molecule has 0 saturated heterocycles. The Hall–Kier alpha value is -3.00. The highest BCUT2D eigenvalue weighted by molar-refractivity contribution is 7.99. The van der Waals surface area contributed by atoms with Crippen molar-refractivity contribution in [3.8, 4) is 11.4 Å². The normalized spacial score (nSPS) is 10.6. The SMILES string of the molecule is CCn1c(SCC(=O)Nc2ccc(C(C)=O)cc2)nnc1-c1ccncc1. The summed E-state index contributed by atoms with van der Waals surface area (Å²) in [7, 11) is 0. The van der Waals surface area contributed by atoms with Crippen LogP contribution in [0.25, 0.3) is 11.4 Å². The predicted molar refractivity (Wildman–Crippen MR) is 105 cm³/mol. The third-order valence-corrected chi connectivity index (χ3v) is 4.85. The van der Waals surface area contributed by atoms with Gasteiger partial charge >= 0.3 is 0 Å². The largest absolute Gasteiger partial charge is 0.325 e. The van der Waals surface area contributed by atoms with Crippen LogP contribution < -0.4 is 5.32 Å². The van der Waals surface area contributed by atoms with Crippen molar-refractivity contribution in [1.29, 1.82) is 0 Å². The van der Waals surface area contributed by atoms with E-state index in [0.717, 1.165) is 11.4 Å². The minimum atomic E-state index is -0.147. The molecule has 1 N–H and O–H groups in total. The quantitative estimate of drug-likeness (QED) is 0.499. The molecule has 0 aliphatic heterocycles. The summed E-state index contributed by atoms with van der Waals surface area (Å²) in [6, 6.07) is 10.6. The van der Waals surface area contributed by atoms with Gasteiger partial charge in [0.15, 0.2) is 16.8 Å². The van der Waals surface area contributed by atoms with E-state index >= 15 is 0 Å². The number of pyridine rings is 1. The summed E-state index contributed by atoms with van der Waals surface area (Å²) in [5.41, 5.74) is 2.20. The van der Waals surface area contributed by atoms with Crippen LogP contribution >= 0.6 is 11.8 Å². The summed E-state index contributed by atoms with van der Waals surface area (Å²) in [4.78, 5) is 27.5. The summed E-state index contributed by atoms with van der Waals surface area (Å²) in [6.45, 7) is 4.21. The molecule has 1 aromatic carbocycles. The smallest absolute Gasteiger partial charge is 0.234 e. The van der Waals surface area contributed by atoms with Gasteiger partial charge in [-0.2, -0.15) is 0 Å². The predicted octanol–water partition coefficient (Wildman–Crippen LogP) is 3.29. The molecule has 8 heteroatoms. The maximum Gasteiger partial charge on any atom is 0.234 e. The van der Waals surface area contributed by atoms with Crippen LogP contribution in [0.1, 0.15) is 24.2 Å². The van der Waals surface area contributed by atoms with Crippen LogP contribution in [0.15, 0.2) is 53.9 Å². The Morgan fingerprint density at radius 3 is 2.41 bits per heavy atom. The van der Waals surface area contributed by atoms with Crippen molar-refractivity contribution in [2.45, 2.75) is 25.5 Å². The van der Waals surface area contributed by atoms with Crippen molar-refractivity contribution in [3.05, 3.63) is 54.4 Å². The number of hydrogen-bond donors (Lipinski definition) is 1. The number of anilines is 1. The van der Waals surface area contributed by atoms with Crippen LogP contribution in [0.2, 0.25) is 0 Å². The molecule has 0 bridgehead atoms. The van der Waals surface area contributed by atoms with Gasteiger partial charge in [-0.25, -0.2) is 0 Å². The fourth-order valence-corrected chi connectivity index (χ4v) is 3.31. The van der Waals surface area contributed by atoms with Gasteiger partial charge in [0.1, 0.15) is 0 Å². The van der Waals surface area contributed by atoms with E-state index in [0.29, 0.717) is 23.0 Å². The minimum absolute atomic E-state index is 0.00710. The summed E-state index contributed by atoms with van der Waals surface area (Å²) < 4.78 is 1.97. The second-order valence-corrected chi connectivity index (χ2v) is 6.70. The van der Waals surface area contributed by atoms with Gasteiger partial charge in [0, 0.05) is 35.8 Å². The average molecular weight is 381 g/mol. The fraction of sp³-hybridized carbons (Fsp3) is 0.211. The topological polar surface area (TPSA) is 89.8 Å². The summed E-state index contributed by atoms with van der Waals surface area (Å²) in [6.07, 6.45) is 3.42. The highest BCUT2D eigenvalue weighted by Gasteiger charge is 2.14. The first-order valence-electron chi connectivity index (χ1n) is 8.45. The lowest BCUT2D eigenvalue weighted by molar-refractivity contribution is -0.113. The first-order valence-corrected chi connectivity index (χ1v) is 9.44. The fourth-order valence-electron chi connectivity index (χ4n) is 2.51. The number of amides is 1. The number of carbonyl (C=O) groups excluding carboxylic acids is 2. The van der Waals surface area contributed by atoms with Gasteiger partial charge in [0.25, 0.3) is 0 Å². The number of Topliss-reactive ketones (excluding diaryl/α,β-unsaturated/α-hetero) is 1. The Bertz CT molecular complexity index is 938. The minimum Gasteiger partial charge on any atom is -0.325 e. The second-order valence-electron chi connectivity index (χ2n) is 5.76. The zero-order valence-electron chi connectivity index (χ0n) is 15.0. The number of ketones is 1. The molecule has 2 aromatic heterocycles. The van der Waals surface area contributed by atoms with Gasteiger partial charge in [0.2, 0.25) is 5.91 Å². The van der Waals surface area contributed by atoms with Gasteiger partial charge in [-0.05, 0) is 50.2 Å². The molecule has 2 heterocycles. The molecule has 0 spiro atoms. The molecular formula is C19H19N5O2S. The average Bonchev–Trinajstić information content (AvgIpc) is 3.10. The molecule has 27 heavy (non-hydrogen) atoms. The van der Waals surface area contributed by atoms with Crippen LogP contribution in [0.5, 0.6) is 0 Å². The number of rotatable bonds is 7. The molecule has 0 fully saturated rings. The first kappa shape index (κ1) is 18.8. The number of hydrogen-bond acceptors (Lipinski definition) is 6. The zero-order chi connectivity index (χ0) is 19.2. The van der Waals surface area contributed by atoms with Crippen molar-refractivity contribution in [2.75, 3.05) is 11.1 Å². The third-order valence-electron chi connectivity index (χ3n) is 3.88. The lowest BCUT2D eigenvalue weighted by Crippen LogP contribution is -2.14. The lowest BCUT2D eigenvalue weighted by Gasteiger charge is -2.08. The van der Waals surface area contributed by atoms with Gasteiger partial charge in [-0.3, -0.25) is 14.6 Å². The zero-order valence-corrected chi connectivity index (χ0v) is 15.9. The van der Waals surface area contributed by atoms with E-state index in [1.807, 2.05) is 23.6 Å². The summed E-state index contributed by atoms with van der Waals surface area (Å²) in [5, 5.41) is 12.0. The maximum atomic E-state index is 12.2. The Balaban J connectivity index is 1.63. The van der Waals surface area contributed by atoms with Crippen molar-refractivity contribution in [3.63, 3.8) is 0 Å². The number of nitrogens with zero attached hydrogens (tertiary/aromatic N) is 4. The molecule has 0 aliphatic rings. The van der Waals surface area contributed by atoms with Crippen LogP contribution in [0, 0.1) is 0 Å². The number of aromatic nitrogens is 4. The van der Waals surface area contributed by atoms with Crippen LogP contribution in [-0.4, -0.2) is 37.2 Å².